The number of ether oxygens (including phenoxy) is 2. The molecule has 6 atom stereocenters. The van der Waals surface area contributed by atoms with Crippen LogP contribution in [0, 0.1) is 4.91 Å². The summed E-state index contributed by atoms with van der Waals surface area (Å²) >= 11 is 0. The summed E-state index contributed by atoms with van der Waals surface area (Å²) in [6, 6.07) is 3.41. The Morgan fingerprint density at radius 2 is 2.11 bits per heavy atom. The molecule has 27 heavy (non-hydrogen) atoms. The molecule has 11 nitrogen and oxygen atoms in total. The number of hydrogen-bond donors (Lipinski definition) is 4. The molecule has 2 heterocycles. The van der Waals surface area contributed by atoms with Crippen molar-refractivity contribution in [3.8, 4) is 0 Å². The van der Waals surface area contributed by atoms with Crippen LogP contribution in [0.1, 0.15) is 24.5 Å². The molecule has 2 rings (SSSR count). The highest BCUT2D eigenvalue weighted by Gasteiger charge is 2.48. The molecule has 0 saturated carbocycles. The average Bonchev–Trinajstić information content (AvgIpc) is 2.67. The monoisotopic (exact) mass is 385 g/mol. The minimum absolute atomic E-state index is 0.358. The van der Waals surface area contributed by atoms with Crippen LogP contribution in [0.2, 0.25) is 0 Å². The predicted molar refractivity (Wildman–Crippen MR) is 90.0 cm³/mol. The molecule has 11 heteroatoms. The van der Waals surface area contributed by atoms with Gasteiger partial charge in [-0.25, -0.2) is 4.79 Å². The molecule has 0 unspecified atom stereocenters. The van der Waals surface area contributed by atoms with Gasteiger partial charge in [-0.3, -0.25) is 9.99 Å². The number of nitrogens with zero attached hydrogens (tertiary/aromatic N) is 3. The predicted octanol–water partition coefficient (Wildman–Crippen LogP) is -0.575. The van der Waals surface area contributed by atoms with Crippen molar-refractivity contribution in [1.29, 1.82) is 0 Å². The van der Waals surface area contributed by atoms with Gasteiger partial charge in [-0.15, -0.1) is 4.91 Å². The number of pyridine rings is 1. The molecule has 0 aliphatic carbocycles. The number of aromatic nitrogens is 1. The summed E-state index contributed by atoms with van der Waals surface area (Å²) in [5, 5.41) is 42.9. The van der Waals surface area contributed by atoms with Crippen LogP contribution >= 0.6 is 0 Å². The molecule has 1 aromatic heterocycles. The van der Waals surface area contributed by atoms with E-state index < -0.39 is 42.8 Å². The molecule has 1 aliphatic rings. The quantitative estimate of drug-likeness (QED) is 0.320. The highest BCUT2D eigenvalue weighted by atomic mass is 16.7. The molecule has 4 N–H and O–H groups in total. The molecule has 0 radical (unpaired) electrons. The van der Waals surface area contributed by atoms with Gasteiger partial charge in [0.15, 0.2) is 12.4 Å². The topological polar surface area (TPSA) is 162 Å². The van der Waals surface area contributed by atoms with Crippen molar-refractivity contribution in [3.05, 3.63) is 35.0 Å². The fraction of sp³-hybridized carbons (Fsp3) is 0.625. The fourth-order valence-corrected chi connectivity index (χ4v) is 2.75. The van der Waals surface area contributed by atoms with Crippen molar-refractivity contribution in [1.82, 2.24) is 9.99 Å². The third-order valence-electron chi connectivity index (χ3n) is 4.25. The van der Waals surface area contributed by atoms with E-state index in [1.807, 2.05) is 0 Å². The van der Waals surface area contributed by atoms with Gasteiger partial charge >= 0.3 is 5.97 Å². The van der Waals surface area contributed by atoms with Gasteiger partial charge in [0.2, 0.25) is 0 Å². The standard InChI is InChI=1S/C16H23N3O8/c1-19(18-25)7-3-5-10(9-4-2-6-17-8-9)26-16-13(22)11(20)12(21)14(27-16)15(23)24/h2,4,6,8,10-14,16,20-22H,3,5,7H2,1H3,(H,23,24)/t10-,11-,12-,13+,14-,16+/m0/s1. The molecule has 1 aromatic rings. The number of aliphatic hydroxyl groups is 3. The van der Waals surface area contributed by atoms with Gasteiger partial charge in [0.1, 0.15) is 18.3 Å². The van der Waals surface area contributed by atoms with E-state index in [1.165, 1.54) is 12.1 Å². The van der Waals surface area contributed by atoms with Crippen LogP contribution in [0.4, 0.5) is 0 Å². The molecule has 0 amide bonds. The van der Waals surface area contributed by atoms with Crippen molar-refractivity contribution in [2.45, 2.75) is 49.7 Å². The molecule has 1 aliphatic heterocycles. The number of aliphatic hydroxyl groups excluding tert-OH is 3. The molecular formula is C16H23N3O8. The number of hydrogen-bond acceptors (Lipinski definition) is 9. The van der Waals surface area contributed by atoms with E-state index in [0.29, 0.717) is 24.9 Å². The van der Waals surface area contributed by atoms with Crippen LogP contribution in [0.3, 0.4) is 0 Å². The second-order valence-electron chi connectivity index (χ2n) is 6.25. The normalized spacial score (nSPS) is 29.1. The van der Waals surface area contributed by atoms with Gasteiger partial charge in [0.25, 0.3) is 0 Å². The summed E-state index contributed by atoms with van der Waals surface area (Å²) in [6.45, 7) is 0.358. The second-order valence-corrected chi connectivity index (χ2v) is 6.25. The summed E-state index contributed by atoms with van der Waals surface area (Å²) in [7, 11) is 1.52. The number of carboxylic acids is 1. The third-order valence-corrected chi connectivity index (χ3v) is 4.25. The SMILES string of the molecule is CN(CCC[C@H](O[C@@H]1O[C@H](C(=O)O)[C@@H](O)[C@H](O)[C@H]1O)c1cccnc1)N=O. The molecule has 1 saturated heterocycles. The van der Waals surface area contributed by atoms with Crippen LogP contribution in [0.5, 0.6) is 0 Å². The van der Waals surface area contributed by atoms with Gasteiger partial charge in [-0.1, -0.05) is 6.07 Å². The first-order valence-electron chi connectivity index (χ1n) is 8.37. The summed E-state index contributed by atoms with van der Waals surface area (Å²) in [5.74, 6) is -1.49. The number of carboxylic acid groups (broad SMARTS) is 1. The first-order valence-corrected chi connectivity index (χ1v) is 8.37. The van der Waals surface area contributed by atoms with Gasteiger partial charge in [-0.2, -0.15) is 0 Å². The highest BCUT2D eigenvalue weighted by molar-refractivity contribution is 5.73. The van der Waals surface area contributed by atoms with Crippen molar-refractivity contribution in [2.24, 2.45) is 5.29 Å². The van der Waals surface area contributed by atoms with Crippen LogP contribution in [0.15, 0.2) is 29.8 Å². The molecule has 0 bridgehead atoms. The maximum atomic E-state index is 11.2. The minimum Gasteiger partial charge on any atom is -0.479 e. The number of rotatable bonds is 9. The zero-order valence-electron chi connectivity index (χ0n) is 14.7. The fourth-order valence-electron chi connectivity index (χ4n) is 2.75. The summed E-state index contributed by atoms with van der Waals surface area (Å²) in [5.41, 5.74) is 0.641. The Morgan fingerprint density at radius 3 is 2.70 bits per heavy atom. The lowest BCUT2D eigenvalue weighted by molar-refractivity contribution is -0.306. The summed E-state index contributed by atoms with van der Waals surface area (Å²) in [6.07, 6.45) is -5.06. The Hall–Kier alpha value is -2.18. The number of aliphatic carboxylic acids is 1. The Morgan fingerprint density at radius 1 is 1.37 bits per heavy atom. The maximum Gasteiger partial charge on any atom is 0.335 e. The van der Waals surface area contributed by atoms with Crippen molar-refractivity contribution >= 4 is 5.97 Å². The van der Waals surface area contributed by atoms with E-state index in [4.69, 9.17) is 14.6 Å². The zero-order valence-corrected chi connectivity index (χ0v) is 14.7. The van der Waals surface area contributed by atoms with Gasteiger partial charge in [0.05, 0.1) is 11.4 Å². The Kier molecular flexibility index (Phi) is 7.56. The Bertz CT molecular complexity index is 619. The van der Waals surface area contributed by atoms with E-state index in [-0.39, 0.29) is 0 Å². The van der Waals surface area contributed by atoms with Crippen LogP contribution in [-0.4, -0.2) is 80.7 Å². The second kappa shape index (κ2) is 9.67. The lowest BCUT2D eigenvalue weighted by Crippen LogP contribution is -2.60. The number of carbonyl (C=O) groups is 1. The van der Waals surface area contributed by atoms with E-state index in [2.05, 4.69) is 10.3 Å². The lowest BCUT2D eigenvalue weighted by atomic mass is 9.98. The summed E-state index contributed by atoms with van der Waals surface area (Å²) < 4.78 is 10.9. The lowest BCUT2D eigenvalue weighted by Gasteiger charge is -2.39. The number of nitroso groups, excluding NO2 is 1. The smallest absolute Gasteiger partial charge is 0.335 e. The molecule has 0 aromatic carbocycles. The van der Waals surface area contributed by atoms with Crippen molar-refractivity contribution in [3.63, 3.8) is 0 Å². The third kappa shape index (κ3) is 5.40. The molecule has 150 valence electrons. The summed E-state index contributed by atoms with van der Waals surface area (Å²) in [4.78, 5) is 25.7. The van der Waals surface area contributed by atoms with Gasteiger partial charge < -0.3 is 29.9 Å². The first-order chi connectivity index (χ1) is 12.8. The van der Waals surface area contributed by atoms with Crippen LogP contribution < -0.4 is 0 Å². The minimum atomic E-state index is -1.79. The van der Waals surface area contributed by atoms with Crippen molar-refractivity contribution < 1.29 is 34.7 Å². The Balaban J connectivity index is 2.12. The van der Waals surface area contributed by atoms with E-state index >= 15 is 0 Å². The molecule has 1 fully saturated rings. The first kappa shape index (κ1) is 21.1. The van der Waals surface area contributed by atoms with Crippen LogP contribution in [0.25, 0.3) is 0 Å². The van der Waals surface area contributed by atoms with Gasteiger partial charge in [0, 0.05) is 26.0 Å². The average molecular weight is 385 g/mol. The van der Waals surface area contributed by atoms with Gasteiger partial charge in [-0.05, 0) is 24.5 Å². The Labute approximate surface area is 155 Å². The largest absolute Gasteiger partial charge is 0.479 e. The van der Waals surface area contributed by atoms with Crippen LogP contribution in [-0.2, 0) is 14.3 Å². The molecular weight excluding hydrogens is 362 g/mol. The van der Waals surface area contributed by atoms with E-state index in [9.17, 15) is 25.0 Å². The van der Waals surface area contributed by atoms with E-state index in [1.54, 1.807) is 24.5 Å². The zero-order chi connectivity index (χ0) is 20.0. The van der Waals surface area contributed by atoms with E-state index in [0.717, 1.165) is 0 Å². The van der Waals surface area contributed by atoms with Crippen molar-refractivity contribution in [2.75, 3.05) is 13.6 Å². The molecule has 0 spiro atoms. The maximum absolute atomic E-state index is 11.2. The highest BCUT2D eigenvalue weighted by Crippen LogP contribution is 2.30.